The normalized spacial score (nSPS) is 12.4. The summed E-state index contributed by atoms with van der Waals surface area (Å²) >= 11 is 0. The van der Waals surface area contributed by atoms with Crippen molar-refractivity contribution in [3.8, 4) is 22.3 Å². The fourth-order valence-corrected chi connectivity index (χ4v) is 12.6. The van der Waals surface area contributed by atoms with Crippen LogP contribution in [0.2, 0.25) is 0 Å². The molecule has 0 aliphatic rings. The monoisotopic (exact) mass is 728 g/mol. The summed E-state index contributed by atoms with van der Waals surface area (Å²) in [6.45, 7) is 0. The Balaban J connectivity index is 1.31. The zero-order chi connectivity index (χ0) is 37.0. The summed E-state index contributed by atoms with van der Waals surface area (Å²) in [7, 11) is -3.20. The van der Waals surface area contributed by atoms with Gasteiger partial charge in [0, 0.05) is 15.9 Å². The molecule has 0 saturated carbocycles. The first kappa shape index (κ1) is 31.5. The molecule has 0 heterocycles. The third kappa shape index (κ3) is 4.24. The van der Waals surface area contributed by atoms with Crippen molar-refractivity contribution in [1.82, 2.24) is 0 Å². The van der Waals surface area contributed by atoms with E-state index >= 15 is 4.57 Å². The van der Waals surface area contributed by atoms with Gasteiger partial charge >= 0.3 is 0 Å². The van der Waals surface area contributed by atoms with Gasteiger partial charge in [-0.2, -0.15) is 0 Å². The molecule has 0 bridgehead atoms. The summed E-state index contributed by atoms with van der Waals surface area (Å²) < 4.78 is 15.7. The first-order valence-corrected chi connectivity index (χ1v) is 21.0. The van der Waals surface area contributed by atoms with Gasteiger partial charge in [-0.15, -0.1) is 0 Å². The van der Waals surface area contributed by atoms with Gasteiger partial charge in [-0.3, -0.25) is 0 Å². The van der Waals surface area contributed by atoms with Gasteiger partial charge in [0.2, 0.25) is 0 Å². The largest absolute Gasteiger partial charge is 0.309 e. The summed E-state index contributed by atoms with van der Waals surface area (Å²) in [5.74, 6) is 0. The molecule has 260 valence electrons. The maximum absolute atomic E-state index is 15.7. The van der Waals surface area contributed by atoms with Crippen LogP contribution in [0.25, 0.3) is 97.7 Å². The molecule has 0 amide bonds. The van der Waals surface area contributed by atoms with Crippen LogP contribution in [0.15, 0.2) is 200 Å². The van der Waals surface area contributed by atoms with Crippen molar-refractivity contribution in [2.75, 3.05) is 0 Å². The number of hydrogen-bond acceptors (Lipinski definition) is 1. The fraction of sp³-hybridized carbons (Fsp3) is 0. The van der Waals surface area contributed by atoms with Gasteiger partial charge < -0.3 is 4.57 Å². The predicted octanol–water partition coefficient (Wildman–Crippen LogP) is 13.6. The third-order valence-electron chi connectivity index (χ3n) is 12.2. The molecule has 0 spiro atoms. The molecule has 12 aromatic rings. The van der Waals surface area contributed by atoms with Gasteiger partial charge in [0.25, 0.3) is 0 Å². The first-order valence-electron chi connectivity index (χ1n) is 19.3. The van der Waals surface area contributed by atoms with Crippen molar-refractivity contribution < 1.29 is 4.57 Å². The van der Waals surface area contributed by atoms with Crippen LogP contribution < -0.4 is 15.9 Å². The fourth-order valence-electron chi connectivity index (χ4n) is 9.90. The Morgan fingerprint density at radius 3 is 1.38 bits per heavy atom. The summed E-state index contributed by atoms with van der Waals surface area (Å²) in [6.07, 6.45) is 0. The van der Waals surface area contributed by atoms with E-state index in [4.69, 9.17) is 0 Å². The van der Waals surface area contributed by atoms with Crippen LogP contribution in [-0.2, 0) is 4.57 Å². The lowest BCUT2D eigenvalue weighted by Crippen LogP contribution is -2.24. The van der Waals surface area contributed by atoms with Crippen LogP contribution in [0.4, 0.5) is 0 Å². The topological polar surface area (TPSA) is 17.1 Å². The van der Waals surface area contributed by atoms with Crippen LogP contribution >= 0.6 is 7.14 Å². The highest BCUT2D eigenvalue weighted by molar-refractivity contribution is 7.85. The average Bonchev–Trinajstić information content (AvgIpc) is 3.77. The van der Waals surface area contributed by atoms with E-state index in [1.165, 1.54) is 92.3 Å². The SMILES string of the molecule is O=P(c1ccccc1)(c1ccccc1)c1ccc2c(c1)c1cc3c(-c4ccccc4)c4c5cccc6cccc(c4c(-c4ccccc4)c3c3cccc2c13)c65. The molecule has 12 aromatic carbocycles. The average molecular weight is 729 g/mol. The lowest BCUT2D eigenvalue weighted by Gasteiger charge is -2.20. The van der Waals surface area contributed by atoms with Crippen LogP contribution in [0, 0.1) is 0 Å². The van der Waals surface area contributed by atoms with E-state index in [0.717, 1.165) is 21.3 Å². The first-order chi connectivity index (χ1) is 27.7. The van der Waals surface area contributed by atoms with Gasteiger partial charge in [-0.05, 0) is 110 Å². The quantitative estimate of drug-likeness (QED) is 0.127. The Morgan fingerprint density at radius 2 is 0.768 bits per heavy atom. The van der Waals surface area contributed by atoms with Gasteiger partial charge in [-0.25, -0.2) is 0 Å². The highest BCUT2D eigenvalue weighted by Crippen LogP contribution is 2.55. The summed E-state index contributed by atoms with van der Waals surface area (Å²) in [5, 5.41) is 20.0. The van der Waals surface area contributed by atoms with E-state index in [0.29, 0.717) is 0 Å². The van der Waals surface area contributed by atoms with Crippen molar-refractivity contribution >= 4 is 98.5 Å². The molecule has 0 aliphatic heterocycles. The zero-order valence-electron chi connectivity index (χ0n) is 30.4. The highest BCUT2D eigenvalue weighted by Gasteiger charge is 2.31. The zero-order valence-corrected chi connectivity index (χ0v) is 31.3. The van der Waals surface area contributed by atoms with Gasteiger partial charge in [0.05, 0.1) is 0 Å². The molecule has 0 saturated heterocycles. The Labute approximate surface area is 324 Å². The number of hydrogen-bond donors (Lipinski definition) is 0. The summed E-state index contributed by atoms with van der Waals surface area (Å²) in [5.41, 5.74) is 4.94. The number of rotatable bonds is 5. The van der Waals surface area contributed by atoms with E-state index in [9.17, 15) is 0 Å². The van der Waals surface area contributed by atoms with Crippen molar-refractivity contribution in [3.63, 3.8) is 0 Å². The minimum atomic E-state index is -3.20. The van der Waals surface area contributed by atoms with E-state index in [1.54, 1.807) is 0 Å². The van der Waals surface area contributed by atoms with E-state index < -0.39 is 7.14 Å². The lowest BCUT2D eigenvalue weighted by molar-refractivity contribution is 0.592. The molecule has 1 nitrogen and oxygen atoms in total. The molecule has 0 aromatic heterocycles. The standard InChI is InChI=1S/C54H33OP/c55-56(37-22-9-3-10-23-37,38-24-11-4-12-25-38)39-30-31-40-41-26-15-29-44-51(41)46(45(40)32-39)33-47-49(35-16-5-1-6-17-35)53-42-27-13-20-34-21-14-28-43(48(34)42)54(53)50(52(44)47)36-18-7-2-8-19-36/h1-33H. The van der Waals surface area contributed by atoms with Crippen molar-refractivity contribution in [1.29, 1.82) is 0 Å². The Morgan fingerprint density at radius 1 is 0.268 bits per heavy atom. The van der Waals surface area contributed by atoms with Crippen molar-refractivity contribution in [2.45, 2.75) is 0 Å². The highest BCUT2D eigenvalue weighted by atomic mass is 31.2. The van der Waals surface area contributed by atoms with Gasteiger partial charge in [-0.1, -0.05) is 188 Å². The second-order valence-corrected chi connectivity index (χ2v) is 17.8. The number of benzene rings is 10. The molecular weight excluding hydrogens is 696 g/mol. The molecule has 0 radical (unpaired) electrons. The van der Waals surface area contributed by atoms with E-state index in [1.807, 2.05) is 60.7 Å². The molecule has 2 heteroatoms. The minimum Gasteiger partial charge on any atom is -0.309 e. The molecular formula is C54H33OP. The molecule has 56 heavy (non-hydrogen) atoms. The van der Waals surface area contributed by atoms with Crippen LogP contribution in [0.5, 0.6) is 0 Å². The maximum Gasteiger partial charge on any atom is 0.171 e. The molecule has 0 atom stereocenters. The smallest absolute Gasteiger partial charge is 0.171 e. The molecule has 0 fully saturated rings. The Kier molecular flexibility index (Phi) is 6.68. The number of fused-ring (bicyclic) bond motifs is 8. The molecule has 0 aliphatic carbocycles. The van der Waals surface area contributed by atoms with Gasteiger partial charge in [0.1, 0.15) is 0 Å². The van der Waals surface area contributed by atoms with E-state index in [2.05, 4.69) is 140 Å². The van der Waals surface area contributed by atoms with Crippen molar-refractivity contribution in [2.24, 2.45) is 0 Å². The molecule has 12 rings (SSSR count). The lowest BCUT2D eigenvalue weighted by atomic mass is 9.84. The second-order valence-electron chi connectivity index (χ2n) is 15.0. The van der Waals surface area contributed by atoms with Crippen molar-refractivity contribution in [3.05, 3.63) is 200 Å². The van der Waals surface area contributed by atoms with Crippen LogP contribution in [0.3, 0.4) is 0 Å². The molecule has 0 N–H and O–H groups in total. The predicted molar refractivity (Wildman–Crippen MR) is 242 cm³/mol. The summed E-state index contributed by atoms with van der Waals surface area (Å²) in [6, 6.07) is 71.3. The van der Waals surface area contributed by atoms with Crippen LogP contribution in [0.1, 0.15) is 0 Å². The van der Waals surface area contributed by atoms with Gasteiger partial charge in [0.15, 0.2) is 7.14 Å². The summed E-state index contributed by atoms with van der Waals surface area (Å²) in [4.78, 5) is 0. The van der Waals surface area contributed by atoms with Crippen LogP contribution in [-0.4, -0.2) is 0 Å². The molecule has 0 unspecified atom stereocenters. The Bertz CT molecular complexity index is 3470. The Hall–Kier alpha value is -6.79. The van der Waals surface area contributed by atoms with E-state index in [-0.39, 0.29) is 0 Å². The third-order valence-corrected chi connectivity index (χ3v) is 15.2. The minimum absolute atomic E-state index is 0.841. The maximum atomic E-state index is 15.7. The second kappa shape index (κ2) is 11.9.